The van der Waals surface area contributed by atoms with Gasteiger partial charge in [-0.15, -0.1) is 11.8 Å². The summed E-state index contributed by atoms with van der Waals surface area (Å²) in [7, 11) is 0. The number of nitrogens with one attached hydrogen (secondary N) is 1. The van der Waals surface area contributed by atoms with E-state index in [0.29, 0.717) is 5.75 Å². The molecule has 0 unspecified atom stereocenters. The Labute approximate surface area is 149 Å². The minimum absolute atomic E-state index is 0.0726. The minimum Gasteiger partial charge on any atom is -0.349 e. The van der Waals surface area contributed by atoms with E-state index in [1.54, 1.807) is 11.8 Å². The normalized spacial score (nSPS) is 14.2. The van der Waals surface area contributed by atoms with Crippen molar-refractivity contribution in [3.05, 3.63) is 70.3 Å². The highest BCUT2D eigenvalue weighted by Gasteiger charge is 2.14. The van der Waals surface area contributed by atoms with Crippen molar-refractivity contribution in [3.63, 3.8) is 0 Å². The van der Waals surface area contributed by atoms with Crippen molar-refractivity contribution < 1.29 is 4.79 Å². The minimum atomic E-state index is 0.0726. The molecule has 1 aliphatic rings. The van der Waals surface area contributed by atoms with Crippen LogP contribution in [0.3, 0.4) is 0 Å². The van der Waals surface area contributed by atoms with Crippen molar-refractivity contribution in [2.75, 3.05) is 5.75 Å². The van der Waals surface area contributed by atoms with E-state index in [1.807, 2.05) is 0 Å². The highest BCUT2D eigenvalue weighted by Crippen LogP contribution is 2.25. The van der Waals surface area contributed by atoms with Gasteiger partial charge in [-0.05, 0) is 55.4 Å². The Hall–Kier alpha value is -1.74. The van der Waals surface area contributed by atoms with Gasteiger partial charge in [0.05, 0.1) is 11.8 Å². The molecule has 2 nitrogen and oxygen atoms in total. The van der Waals surface area contributed by atoms with E-state index in [4.69, 9.17) is 0 Å². The van der Waals surface area contributed by atoms with Gasteiger partial charge in [0.25, 0.3) is 0 Å². The summed E-state index contributed by atoms with van der Waals surface area (Å²) in [6.45, 7) is 4.16. The Kier molecular flexibility index (Phi) is 5.62. The number of hydrogen-bond donors (Lipinski definition) is 1. The molecule has 126 valence electrons. The van der Waals surface area contributed by atoms with Crippen LogP contribution in [-0.2, 0) is 23.4 Å². The highest BCUT2D eigenvalue weighted by atomic mass is 32.2. The molecule has 1 amide bonds. The molecule has 0 radical (unpaired) electrons. The van der Waals surface area contributed by atoms with E-state index < -0.39 is 0 Å². The number of fused-ring (bicyclic) bond motifs is 1. The number of hydrogen-bond acceptors (Lipinski definition) is 2. The van der Waals surface area contributed by atoms with Crippen LogP contribution in [0.25, 0.3) is 0 Å². The number of thioether (sulfide) groups is 1. The lowest BCUT2D eigenvalue weighted by molar-refractivity contribution is -0.119. The molecule has 3 heteroatoms. The zero-order chi connectivity index (χ0) is 16.9. The molecular weight excluding hydrogens is 314 g/mol. The van der Waals surface area contributed by atoms with Gasteiger partial charge in [-0.2, -0.15) is 0 Å². The molecule has 0 aliphatic heterocycles. The summed E-state index contributed by atoms with van der Waals surface area (Å²) in [4.78, 5) is 12.2. The van der Waals surface area contributed by atoms with Gasteiger partial charge >= 0.3 is 0 Å². The summed E-state index contributed by atoms with van der Waals surface area (Å²) in [5.74, 6) is 1.49. The van der Waals surface area contributed by atoms with Gasteiger partial charge in [-0.25, -0.2) is 0 Å². The molecule has 1 atom stereocenters. The monoisotopic (exact) mass is 339 g/mol. The second-order valence-electron chi connectivity index (χ2n) is 6.65. The van der Waals surface area contributed by atoms with E-state index in [9.17, 15) is 4.79 Å². The fraction of sp³-hybridized carbons (Fsp3) is 0.381. The Morgan fingerprint density at radius 1 is 1.12 bits per heavy atom. The van der Waals surface area contributed by atoms with E-state index in [1.165, 1.54) is 47.1 Å². The molecule has 2 aromatic rings. The number of amides is 1. The number of carbonyl (C=O) groups is 1. The molecule has 0 saturated carbocycles. The molecule has 0 heterocycles. The summed E-state index contributed by atoms with van der Waals surface area (Å²) in [5.41, 5.74) is 6.69. The Balaban J connectivity index is 1.46. The predicted molar refractivity (Wildman–Crippen MR) is 102 cm³/mol. The van der Waals surface area contributed by atoms with Gasteiger partial charge in [0.1, 0.15) is 0 Å². The smallest absolute Gasteiger partial charge is 0.230 e. The lowest BCUT2D eigenvalue weighted by Gasteiger charge is -2.15. The molecule has 1 aliphatic carbocycles. The first kappa shape index (κ1) is 17.1. The van der Waals surface area contributed by atoms with Crippen LogP contribution in [0, 0.1) is 6.92 Å². The summed E-state index contributed by atoms with van der Waals surface area (Å²) in [6.07, 6.45) is 3.64. The van der Waals surface area contributed by atoms with Gasteiger partial charge in [0, 0.05) is 5.75 Å². The summed E-state index contributed by atoms with van der Waals surface area (Å²) in [6, 6.07) is 15.2. The first-order valence-corrected chi connectivity index (χ1v) is 9.81. The van der Waals surface area contributed by atoms with Gasteiger partial charge < -0.3 is 5.32 Å². The molecule has 0 spiro atoms. The molecule has 0 saturated heterocycles. The van der Waals surface area contributed by atoms with Crippen LogP contribution in [0.1, 0.15) is 47.2 Å². The Morgan fingerprint density at radius 3 is 2.67 bits per heavy atom. The third kappa shape index (κ3) is 4.41. The van der Waals surface area contributed by atoms with E-state index in [0.717, 1.165) is 5.75 Å². The summed E-state index contributed by atoms with van der Waals surface area (Å²) < 4.78 is 0. The molecular formula is C21H25NOS. The van der Waals surface area contributed by atoms with Crippen molar-refractivity contribution in [3.8, 4) is 0 Å². The quantitative estimate of drug-likeness (QED) is 0.834. The number of aryl methyl sites for hydroxylation is 3. The number of rotatable bonds is 6. The SMILES string of the molecule is Cc1ccc(CSCC(=O)N[C@H](C)c2ccc3c(c2)CCC3)cc1. The summed E-state index contributed by atoms with van der Waals surface area (Å²) >= 11 is 1.67. The first-order valence-electron chi connectivity index (χ1n) is 8.66. The van der Waals surface area contributed by atoms with Gasteiger partial charge in [0.2, 0.25) is 5.91 Å². The van der Waals surface area contributed by atoms with E-state index >= 15 is 0 Å². The zero-order valence-electron chi connectivity index (χ0n) is 14.5. The van der Waals surface area contributed by atoms with Crippen LogP contribution in [0.4, 0.5) is 0 Å². The third-order valence-corrected chi connectivity index (χ3v) is 5.63. The Morgan fingerprint density at radius 2 is 1.88 bits per heavy atom. The van der Waals surface area contributed by atoms with Crippen LogP contribution in [-0.4, -0.2) is 11.7 Å². The lowest BCUT2D eigenvalue weighted by atomic mass is 10.0. The molecule has 24 heavy (non-hydrogen) atoms. The molecule has 1 N–H and O–H groups in total. The average Bonchev–Trinajstić information content (AvgIpc) is 3.04. The van der Waals surface area contributed by atoms with E-state index in [-0.39, 0.29) is 11.9 Å². The maximum absolute atomic E-state index is 12.2. The van der Waals surface area contributed by atoms with Crippen LogP contribution < -0.4 is 5.32 Å². The lowest BCUT2D eigenvalue weighted by Crippen LogP contribution is -2.28. The third-order valence-electron chi connectivity index (χ3n) is 4.62. The molecule has 0 fully saturated rings. The molecule has 0 aromatic heterocycles. The van der Waals surface area contributed by atoms with Crippen molar-refractivity contribution in [1.82, 2.24) is 5.32 Å². The zero-order valence-corrected chi connectivity index (χ0v) is 15.3. The van der Waals surface area contributed by atoms with Crippen LogP contribution in [0.5, 0.6) is 0 Å². The second-order valence-corrected chi connectivity index (χ2v) is 7.63. The second kappa shape index (κ2) is 7.89. The topological polar surface area (TPSA) is 29.1 Å². The van der Waals surface area contributed by atoms with Crippen LogP contribution in [0.15, 0.2) is 42.5 Å². The van der Waals surface area contributed by atoms with Gasteiger partial charge in [0.15, 0.2) is 0 Å². The highest BCUT2D eigenvalue weighted by molar-refractivity contribution is 7.99. The van der Waals surface area contributed by atoms with Crippen molar-refractivity contribution in [2.45, 2.75) is 44.9 Å². The Bertz CT molecular complexity index is 708. The summed E-state index contributed by atoms with van der Waals surface area (Å²) in [5, 5.41) is 3.12. The van der Waals surface area contributed by atoms with Crippen molar-refractivity contribution in [1.29, 1.82) is 0 Å². The van der Waals surface area contributed by atoms with Crippen molar-refractivity contribution >= 4 is 17.7 Å². The molecule has 0 bridgehead atoms. The predicted octanol–water partition coefficient (Wildman–Crippen LogP) is 4.59. The van der Waals surface area contributed by atoms with E-state index in [2.05, 4.69) is 61.6 Å². The van der Waals surface area contributed by atoms with Gasteiger partial charge in [-0.1, -0.05) is 48.0 Å². The molecule has 2 aromatic carbocycles. The maximum Gasteiger partial charge on any atom is 0.230 e. The van der Waals surface area contributed by atoms with Crippen LogP contribution >= 0.6 is 11.8 Å². The van der Waals surface area contributed by atoms with Gasteiger partial charge in [-0.3, -0.25) is 4.79 Å². The fourth-order valence-electron chi connectivity index (χ4n) is 3.17. The largest absolute Gasteiger partial charge is 0.349 e. The van der Waals surface area contributed by atoms with Crippen molar-refractivity contribution in [2.24, 2.45) is 0 Å². The number of benzene rings is 2. The first-order chi connectivity index (χ1) is 11.6. The maximum atomic E-state index is 12.2. The van der Waals surface area contributed by atoms with Crippen LogP contribution in [0.2, 0.25) is 0 Å². The standard InChI is InChI=1S/C21H25NOS/c1-15-6-8-17(9-7-15)13-24-14-21(23)22-16(2)19-11-10-18-4-3-5-20(18)12-19/h6-12,16H,3-5,13-14H2,1-2H3,(H,22,23)/t16-/m1/s1. The fourth-order valence-corrected chi connectivity index (χ4v) is 3.97. The number of carbonyl (C=O) groups excluding carboxylic acids is 1. The molecule has 3 rings (SSSR count). The average molecular weight is 340 g/mol.